The van der Waals surface area contributed by atoms with Crippen LogP contribution in [0.5, 0.6) is 0 Å². The Kier molecular flexibility index (Phi) is 5.88. The normalized spacial score (nSPS) is 12.3. The lowest BCUT2D eigenvalue weighted by Gasteiger charge is -2.10. The zero-order chi connectivity index (χ0) is 15.2. The molecule has 0 aliphatic carbocycles. The first-order chi connectivity index (χ1) is 10.1. The van der Waals surface area contributed by atoms with Gasteiger partial charge in [-0.05, 0) is 12.8 Å². The number of nitrogens with one attached hydrogen (secondary N) is 1. The fraction of sp³-hybridized carbons (Fsp3) is 0.545. The third-order valence-corrected chi connectivity index (χ3v) is 5.59. The molecule has 1 amide bonds. The van der Waals surface area contributed by atoms with Crippen LogP contribution in [0.3, 0.4) is 0 Å². The maximum atomic E-state index is 12.3. The number of carbonyl (C=O) groups is 1. The summed E-state index contributed by atoms with van der Waals surface area (Å²) in [5, 5.41) is 20.1. The maximum absolute atomic E-state index is 12.3. The van der Waals surface area contributed by atoms with Gasteiger partial charge in [0.05, 0.1) is 5.25 Å². The van der Waals surface area contributed by atoms with Gasteiger partial charge >= 0.3 is 0 Å². The smallest absolute Gasteiger partial charge is 0.239 e. The SMILES string of the molecule is CCCc1nnc(NC(=O)[C@H](CC)Sc2nnc(N)s2)s1. The van der Waals surface area contributed by atoms with E-state index >= 15 is 0 Å². The number of rotatable bonds is 7. The van der Waals surface area contributed by atoms with E-state index in [0.717, 1.165) is 17.8 Å². The summed E-state index contributed by atoms with van der Waals surface area (Å²) >= 11 is 4.06. The van der Waals surface area contributed by atoms with Crippen LogP contribution >= 0.6 is 34.4 Å². The molecule has 7 nitrogen and oxygen atoms in total. The lowest BCUT2D eigenvalue weighted by Crippen LogP contribution is -2.24. The quantitative estimate of drug-likeness (QED) is 0.743. The molecule has 2 heterocycles. The largest absolute Gasteiger partial charge is 0.374 e. The van der Waals surface area contributed by atoms with E-state index in [-0.39, 0.29) is 11.2 Å². The highest BCUT2D eigenvalue weighted by atomic mass is 32.2. The number of nitrogen functional groups attached to an aromatic ring is 1. The van der Waals surface area contributed by atoms with Crippen molar-refractivity contribution >= 4 is 50.6 Å². The van der Waals surface area contributed by atoms with Crippen molar-refractivity contribution in [1.29, 1.82) is 0 Å². The standard InChI is InChI=1S/C11H16N6OS3/c1-3-5-7-14-16-10(20-7)13-8(18)6(4-2)19-11-17-15-9(12)21-11/h6H,3-5H2,1-2H3,(H2,12,15)(H,13,16,18)/t6-/m0/s1. The van der Waals surface area contributed by atoms with Crippen LogP contribution in [0.4, 0.5) is 10.3 Å². The third kappa shape index (κ3) is 4.61. The van der Waals surface area contributed by atoms with Crippen LogP contribution in [-0.2, 0) is 11.2 Å². The Balaban J connectivity index is 1.95. The van der Waals surface area contributed by atoms with Crippen LogP contribution in [0.25, 0.3) is 0 Å². The zero-order valence-electron chi connectivity index (χ0n) is 11.7. The van der Waals surface area contributed by atoms with Crippen molar-refractivity contribution in [3.63, 3.8) is 0 Å². The van der Waals surface area contributed by atoms with Crippen molar-refractivity contribution in [3.8, 4) is 0 Å². The molecule has 0 saturated heterocycles. The molecule has 0 aliphatic heterocycles. The summed E-state index contributed by atoms with van der Waals surface area (Å²) in [6.07, 6.45) is 2.56. The molecule has 0 spiro atoms. The second-order valence-electron chi connectivity index (χ2n) is 4.16. The number of hydrogen-bond donors (Lipinski definition) is 2. The summed E-state index contributed by atoms with van der Waals surface area (Å²) in [6.45, 7) is 4.03. The van der Waals surface area contributed by atoms with Crippen LogP contribution in [0.2, 0.25) is 0 Å². The minimum absolute atomic E-state index is 0.101. The van der Waals surface area contributed by atoms with Gasteiger partial charge in [-0.3, -0.25) is 10.1 Å². The van der Waals surface area contributed by atoms with E-state index in [1.54, 1.807) is 0 Å². The monoisotopic (exact) mass is 344 g/mol. The molecule has 0 bridgehead atoms. The minimum Gasteiger partial charge on any atom is -0.374 e. The van der Waals surface area contributed by atoms with Gasteiger partial charge in [0.15, 0.2) is 4.34 Å². The third-order valence-electron chi connectivity index (χ3n) is 2.49. The molecule has 2 rings (SSSR count). The summed E-state index contributed by atoms with van der Waals surface area (Å²) in [7, 11) is 0. The van der Waals surface area contributed by atoms with Crippen molar-refractivity contribution in [3.05, 3.63) is 5.01 Å². The predicted octanol–water partition coefficient (Wildman–Crippen LogP) is 2.43. The lowest BCUT2D eigenvalue weighted by molar-refractivity contribution is -0.115. The topological polar surface area (TPSA) is 107 Å². The Morgan fingerprint density at radius 1 is 1.29 bits per heavy atom. The Hall–Kier alpha value is -1.26. The van der Waals surface area contributed by atoms with E-state index in [0.29, 0.717) is 21.0 Å². The molecule has 114 valence electrons. The molecule has 0 saturated carbocycles. The summed E-state index contributed by atoms with van der Waals surface area (Å²) in [4.78, 5) is 12.3. The first-order valence-corrected chi connectivity index (χ1v) is 9.02. The van der Waals surface area contributed by atoms with Gasteiger partial charge in [-0.15, -0.1) is 20.4 Å². The Morgan fingerprint density at radius 2 is 2.10 bits per heavy atom. The van der Waals surface area contributed by atoms with Gasteiger partial charge in [-0.1, -0.05) is 48.3 Å². The van der Waals surface area contributed by atoms with Crippen LogP contribution in [0.15, 0.2) is 4.34 Å². The van der Waals surface area contributed by atoms with Gasteiger partial charge in [-0.25, -0.2) is 0 Å². The van der Waals surface area contributed by atoms with E-state index in [4.69, 9.17) is 5.73 Å². The summed E-state index contributed by atoms with van der Waals surface area (Å²) in [6, 6.07) is 0. The Morgan fingerprint density at radius 3 is 2.71 bits per heavy atom. The van der Waals surface area contributed by atoms with Crippen LogP contribution in [-0.4, -0.2) is 31.6 Å². The minimum atomic E-state index is -0.254. The molecule has 0 fully saturated rings. The highest BCUT2D eigenvalue weighted by Gasteiger charge is 2.21. The number of amides is 1. The Bertz CT molecular complexity index is 598. The van der Waals surface area contributed by atoms with Gasteiger partial charge in [0.25, 0.3) is 0 Å². The van der Waals surface area contributed by atoms with E-state index in [1.807, 2.05) is 6.92 Å². The van der Waals surface area contributed by atoms with Crippen molar-refractivity contribution in [2.45, 2.75) is 42.7 Å². The molecular weight excluding hydrogens is 328 g/mol. The van der Waals surface area contributed by atoms with E-state index in [9.17, 15) is 4.79 Å². The number of nitrogens with zero attached hydrogens (tertiary/aromatic N) is 4. The number of anilines is 2. The van der Waals surface area contributed by atoms with Crippen LogP contribution < -0.4 is 11.1 Å². The highest BCUT2D eigenvalue weighted by molar-refractivity contribution is 8.02. The summed E-state index contributed by atoms with van der Waals surface area (Å²) < 4.78 is 0.693. The van der Waals surface area contributed by atoms with Gasteiger partial charge in [0.2, 0.25) is 16.2 Å². The molecule has 0 radical (unpaired) electrons. The molecule has 21 heavy (non-hydrogen) atoms. The van der Waals surface area contributed by atoms with E-state index in [2.05, 4.69) is 32.6 Å². The molecular formula is C11H16N6OS3. The van der Waals surface area contributed by atoms with Crippen LogP contribution in [0.1, 0.15) is 31.7 Å². The van der Waals surface area contributed by atoms with Crippen LogP contribution in [0, 0.1) is 0 Å². The average Bonchev–Trinajstić information content (AvgIpc) is 3.06. The van der Waals surface area contributed by atoms with Crippen molar-refractivity contribution in [1.82, 2.24) is 20.4 Å². The molecule has 2 aromatic rings. The molecule has 2 aromatic heterocycles. The lowest BCUT2D eigenvalue weighted by atomic mass is 10.3. The number of aromatic nitrogens is 4. The zero-order valence-corrected chi connectivity index (χ0v) is 14.1. The second kappa shape index (κ2) is 7.66. The first kappa shape index (κ1) is 16.1. The summed E-state index contributed by atoms with van der Waals surface area (Å²) in [5.74, 6) is -0.101. The van der Waals surface area contributed by atoms with Gasteiger partial charge < -0.3 is 5.73 Å². The average molecular weight is 344 g/mol. The molecule has 0 aliphatic rings. The molecule has 0 aromatic carbocycles. The molecule has 10 heteroatoms. The van der Waals surface area contributed by atoms with E-state index < -0.39 is 0 Å². The molecule has 0 unspecified atom stereocenters. The fourth-order valence-corrected chi connectivity index (χ4v) is 4.16. The summed E-state index contributed by atoms with van der Waals surface area (Å²) in [5.41, 5.74) is 5.54. The van der Waals surface area contributed by atoms with E-state index in [1.165, 1.54) is 34.4 Å². The number of thioether (sulfide) groups is 1. The number of nitrogens with two attached hydrogens (primary N) is 1. The molecule has 3 N–H and O–H groups in total. The number of hydrogen-bond acceptors (Lipinski definition) is 9. The Labute approximate surface area is 134 Å². The van der Waals surface area contributed by atoms with Crippen molar-refractivity contribution in [2.75, 3.05) is 11.1 Å². The maximum Gasteiger partial charge on any atom is 0.239 e. The highest BCUT2D eigenvalue weighted by Crippen LogP contribution is 2.30. The number of carbonyl (C=O) groups excluding carboxylic acids is 1. The fourth-order valence-electron chi connectivity index (χ4n) is 1.52. The van der Waals surface area contributed by atoms with Crippen molar-refractivity contribution < 1.29 is 4.79 Å². The second-order valence-corrected chi connectivity index (χ2v) is 7.68. The van der Waals surface area contributed by atoms with Crippen molar-refractivity contribution in [2.24, 2.45) is 0 Å². The van der Waals surface area contributed by atoms with Gasteiger partial charge in [0.1, 0.15) is 5.01 Å². The predicted molar refractivity (Wildman–Crippen MR) is 86.8 cm³/mol. The van der Waals surface area contributed by atoms with Gasteiger partial charge in [-0.2, -0.15) is 0 Å². The number of aryl methyl sites for hydroxylation is 1. The van der Waals surface area contributed by atoms with Gasteiger partial charge in [0, 0.05) is 6.42 Å². The molecule has 1 atom stereocenters. The first-order valence-electron chi connectivity index (χ1n) is 6.51.